The fraction of sp³-hybridized carbons (Fsp3) is 0.556. The minimum absolute atomic E-state index is 0.116. The van der Waals surface area contributed by atoms with E-state index in [9.17, 15) is 27.5 Å². The maximum Gasteiger partial charge on any atom is 0.308 e. The van der Waals surface area contributed by atoms with Crippen molar-refractivity contribution in [2.75, 3.05) is 19.6 Å². The maximum atomic E-state index is 13.9. The first-order valence-corrected chi connectivity index (χ1v) is 10.5. The van der Waals surface area contributed by atoms with Crippen LogP contribution in [0.1, 0.15) is 26.2 Å². The van der Waals surface area contributed by atoms with Crippen LogP contribution in [0.3, 0.4) is 0 Å². The first kappa shape index (κ1) is 19.8. The lowest BCUT2D eigenvalue weighted by Crippen LogP contribution is -2.46. The van der Waals surface area contributed by atoms with Gasteiger partial charge in [0.2, 0.25) is 15.9 Å². The number of benzene rings is 1. The number of amides is 1. The Hall–Kier alpha value is -2.00. The Labute approximate surface area is 157 Å². The number of hydrogen-bond acceptors (Lipinski definition) is 4. The van der Waals surface area contributed by atoms with Crippen molar-refractivity contribution < 1.29 is 27.5 Å². The third-order valence-electron chi connectivity index (χ3n) is 5.61. The van der Waals surface area contributed by atoms with Gasteiger partial charge in [0.1, 0.15) is 10.7 Å². The van der Waals surface area contributed by atoms with Crippen molar-refractivity contribution in [1.29, 1.82) is 0 Å². The molecule has 9 heteroatoms. The molecule has 2 heterocycles. The molecule has 27 heavy (non-hydrogen) atoms. The van der Waals surface area contributed by atoms with E-state index in [1.54, 1.807) is 11.8 Å². The summed E-state index contributed by atoms with van der Waals surface area (Å²) in [7, 11) is -3.94. The first-order valence-electron chi connectivity index (χ1n) is 9.01. The van der Waals surface area contributed by atoms with E-state index in [1.807, 2.05) is 0 Å². The molecule has 0 bridgehead atoms. The van der Waals surface area contributed by atoms with E-state index in [-0.39, 0.29) is 35.9 Å². The minimum atomic E-state index is -3.94. The van der Waals surface area contributed by atoms with Crippen molar-refractivity contribution in [3.8, 4) is 0 Å². The predicted molar refractivity (Wildman–Crippen MR) is 94.8 cm³/mol. The Morgan fingerprint density at radius 1 is 1.11 bits per heavy atom. The van der Waals surface area contributed by atoms with Gasteiger partial charge in [0.15, 0.2) is 0 Å². The second-order valence-corrected chi connectivity index (χ2v) is 9.02. The molecule has 2 saturated heterocycles. The van der Waals surface area contributed by atoms with Crippen molar-refractivity contribution in [3.05, 3.63) is 30.1 Å². The summed E-state index contributed by atoms with van der Waals surface area (Å²) in [6, 6.07) is 4.88. The predicted octanol–water partition coefficient (Wildman–Crippen LogP) is 1.55. The van der Waals surface area contributed by atoms with Crippen LogP contribution >= 0.6 is 0 Å². The average molecular weight is 398 g/mol. The summed E-state index contributed by atoms with van der Waals surface area (Å²) < 4.78 is 40.4. The zero-order chi connectivity index (χ0) is 19.8. The zero-order valence-corrected chi connectivity index (χ0v) is 15.9. The highest BCUT2D eigenvalue weighted by Crippen LogP contribution is 2.30. The van der Waals surface area contributed by atoms with Crippen molar-refractivity contribution in [3.63, 3.8) is 0 Å². The van der Waals surface area contributed by atoms with Crippen LogP contribution in [0.2, 0.25) is 0 Å². The maximum absolute atomic E-state index is 13.9. The monoisotopic (exact) mass is 398 g/mol. The van der Waals surface area contributed by atoms with Crippen LogP contribution in [0.25, 0.3) is 0 Å². The lowest BCUT2D eigenvalue weighted by Gasteiger charge is -2.34. The number of rotatable bonds is 4. The van der Waals surface area contributed by atoms with Gasteiger partial charge in [-0.25, -0.2) is 12.8 Å². The van der Waals surface area contributed by atoms with E-state index in [4.69, 9.17) is 0 Å². The highest BCUT2D eigenvalue weighted by Gasteiger charge is 2.41. The number of carbonyl (C=O) groups excluding carboxylic acids is 1. The summed E-state index contributed by atoms with van der Waals surface area (Å²) >= 11 is 0. The second-order valence-electron chi connectivity index (χ2n) is 7.11. The lowest BCUT2D eigenvalue weighted by molar-refractivity contribution is -0.143. The van der Waals surface area contributed by atoms with Crippen LogP contribution < -0.4 is 0 Å². The number of halogens is 1. The molecule has 0 spiro atoms. The molecule has 1 aromatic rings. The number of aliphatic carboxylic acids is 1. The highest BCUT2D eigenvalue weighted by atomic mass is 32.2. The topological polar surface area (TPSA) is 95.0 Å². The minimum Gasteiger partial charge on any atom is -0.481 e. The zero-order valence-electron chi connectivity index (χ0n) is 15.0. The Balaban J connectivity index is 1.65. The van der Waals surface area contributed by atoms with Gasteiger partial charge < -0.3 is 10.0 Å². The van der Waals surface area contributed by atoms with Crippen molar-refractivity contribution in [2.24, 2.45) is 11.8 Å². The third-order valence-corrected chi connectivity index (χ3v) is 7.54. The Morgan fingerprint density at radius 2 is 1.74 bits per heavy atom. The van der Waals surface area contributed by atoms with E-state index in [0.29, 0.717) is 25.8 Å². The van der Waals surface area contributed by atoms with Crippen molar-refractivity contribution in [1.82, 2.24) is 9.21 Å². The third kappa shape index (κ3) is 3.70. The fourth-order valence-corrected chi connectivity index (χ4v) is 5.49. The normalized spacial score (nSPS) is 24.9. The standard InChI is InChI=1S/C18H23FN2O5S/c1-12-14(18(23)24)8-11-21(12)17(22)13-6-9-20(10-7-13)27(25,26)16-5-3-2-4-15(16)19/h2-5,12-14H,6-11H2,1H3,(H,23,24). The van der Waals surface area contributed by atoms with Crippen LogP contribution in [0, 0.1) is 17.7 Å². The van der Waals surface area contributed by atoms with Gasteiger partial charge in [-0.05, 0) is 38.3 Å². The van der Waals surface area contributed by atoms with Crippen molar-refractivity contribution in [2.45, 2.75) is 37.1 Å². The molecule has 1 aromatic carbocycles. The molecule has 1 amide bonds. The molecule has 0 radical (unpaired) electrons. The summed E-state index contributed by atoms with van der Waals surface area (Å²) in [5, 5.41) is 9.21. The largest absolute Gasteiger partial charge is 0.481 e. The molecule has 3 rings (SSSR count). The van der Waals surface area contributed by atoms with Crippen LogP contribution in [0.5, 0.6) is 0 Å². The van der Waals surface area contributed by atoms with Crippen molar-refractivity contribution >= 4 is 21.9 Å². The molecule has 2 atom stereocenters. The molecule has 0 saturated carbocycles. The summed E-state index contributed by atoms with van der Waals surface area (Å²) in [6.07, 6.45) is 1.11. The van der Waals surface area contributed by atoms with Crippen LogP contribution in [0.4, 0.5) is 4.39 Å². The molecule has 1 N–H and O–H groups in total. The van der Waals surface area contributed by atoms with Crippen LogP contribution in [-0.4, -0.2) is 60.3 Å². The van der Waals surface area contributed by atoms with Gasteiger partial charge in [0, 0.05) is 31.6 Å². The molecule has 0 aliphatic carbocycles. The van der Waals surface area contributed by atoms with Crippen LogP contribution in [-0.2, 0) is 19.6 Å². The quantitative estimate of drug-likeness (QED) is 0.830. The smallest absolute Gasteiger partial charge is 0.308 e. The fourth-order valence-electron chi connectivity index (χ4n) is 3.95. The average Bonchev–Trinajstić information content (AvgIpc) is 3.03. The van der Waals surface area contributed by atoms with Gasteiger partial charge in [0.25, 0.3) is 0 Å². The molecule has 2 aliphatic rings. The summed E-state index contributed by atoms with van der Waals surface area (Å²) in [4.78, 5) is 25.2. The van der Waals surface area contributed by atoms with E-state index < -0.39 is 27.7 Å². The SMILES string of the molecule is CC1C(C(=O)O)CCN1C(=O)C1CCN(S(=O)(=O)c2ccccc2F)CC1. The lowest BCUT2D eigenvalue weighted by atomic mass is 9.95. The molecule has 7 nitrogen and oxygen atoms in total. The number of sulfonamides is 1. The first-order chi connectivity index (χ1) is 12.7. The number of carboxylic acids is 1. The Morgan fingerprint density at radius 3 is 2.30 bits per heavy atom. The number of hydrogen-bond donors (Lipinski definition) is 1. The summed E-state index contributed by atoms with van der Waals surface area (Å²) in [5.74, 6) is -2.71. The number of carboxylic acid groups (broad SMARTS) is 1. The summed E-state index contributed by atoms with van der Waals surface area (Å²) in [6.45, 7) is 2.42. The number of nitrogens with zero attached hydrogens (tertiary/aromatic N) is 2. The Kier molecular flexibility index (Phi) is 5.53. The highest BCUT2D eigenvalue weighted by molar-refractivity contribution is 7.89. The van der Waals surface area contributed by atoms with Gasteiger partial charge >= 0.3 is 5.97 Å². The molecule has 2 aliphatic heterocycles. The Bertz CT molecular complexity index is 836. The van der Waals surface area contributed by atoms with E-state index in [1.165, 1.54) is 22.5 Å². The van der Waals surface area contributed by atoms with Gasteiger partial charge in [-0.3, -0.25) is 9.59 Å². The molecular weight excluding hydrogens is 375 g/mol. The van der Waals surface area contributed by atoms with E-state index >= 15 is 0 Å². The van der Waals surface area contributed by atoms with Crippen LogP contribution in [0.15, 0.2) is 29.2 Å². The molecule has 0 aromatic heterocycles. The summed E-state index contributed by atoms with van der Waals surface area (Å²) in [5.41, 5.74) is 0. The van der Waals surface area contributed by atoms with Gasteiger partial charge in [-0.15, -0.1) is 0 Å². The van der Waals surface area contributed by atoms with E-state index in [2.05, 4.69) is 0 Å². The van der Waals surface area contributed by atoms with Gasteiger partial charge in [-0.2, -0.15) is 4.31 Å². The number of likely N-dealkylation sites (tertiary alicyclic amines) is 1. The van der Waals surface area contributed by atoms with Gasteiger partial charge in [0.05, 0.1) is 5.92 Å². The number of carbonyl (C=O) groups is 2. The number of piperidine rings is 1. The van der Waals surface area contributed by atoms with Gasteiger partial charge in [-0.1, -0.05) is 12.1 Å². The van der Waals surface area contributed by atoms with E-state index in [0.717, 1.165) is 6.07 Å². The molecular formula is C18H23FN2O5S. The molecule has 2 unspecified atom stereocenters. The molecule has 148 valence electrons. The second kappa shape index (κ2) is 7.55. The molecule has 2 fully saturated rings.